The summed E-state index contributed by atoms with van der Waals surface area (Å²) in [6, 6.07) is 10.4. The maximum atomic E-state index is 12.8. The van der Waals surface area contributed by atoms with Crippen LogP contribution in [0.15, 0.2) is 48.0 Å². The van der Waals surface area contributed by atoms with Gasteiger partial charge in [0.05, 0.1) is 10.6 Å². The number of nitrogens with zero attached hydrogens (tertiary/aromatic N) is 4. The van der Waals surface area contributed by atoms with Crippen LogP contribution in [-0.2, 0) is 0 Å². The number of amides is 1. The van der Waals surface area contributed by atoms with Crippen LogP contribution in [0.1, 0.15) is 35.0 Å². The molecule has 0 aliphatic carbocycles. The quantitative estimate of drug-likeness (QED) is 0.613. The molecule has 4 heterocycles. The average Bonchev–Trinajstić information content (AvgIpc) is 3.04. The number of ketones is 1. The van der Waals surface area contributed by atoms with Gasteiger partial charge in [0.25, 0.3) is 5.91 Å². The van der Waals surface area contributed by atoms with Crippen LogP contribution < -0.4 is 10.6 Å². The van der Waals surface area contributed by atoms with Crippen LogP contribution in [0.4, 0.5) is 11.6 Å². The van der Waals surface area contributed by atoms with E-state index >= 15 is 0 Å². The molecule has 0 unspecified atom stereocenters. The molecule has 0 atom stereocenters. The van der Waals surface area contributed by atoms with Gasteiger partial charge >= 0.3 is 0 Å². The summed E-state index contributed by atoms with van der Waals surface area (Å²) in [4.78, 5) is 38.6. The smallest absolute Gasteiger partial charge is 0.265 e. The summed E-state index contributed by atoms with van der Waals surface area (Å²) in [6.45, 7) is 2.56. The van der Waals surface area contributed by atoms with E-state index in [1.165, 1.54) is 11.3 Å². The zero-order valence-corrected chi connectivity index (χ0v) is 17.7. The molecule has 0 aromatic carbocycles. The first kappa shape index (κ1) is 20.3. The molecular formula is C21H24ClN5O2S. The van der Waals surface area contributed by atoms with E-state index in [1.807, 2.05) is 16.3 Å². The second-order valence-corrected chi connectivity index (χ2v) is 8.20. The van der Waals surface area contributed by atoms with Crippen molar-refractivity contribution in [1.82, 2.24) is 14.9 Å². The van der Waals surface area contributed by atoms with E-state index in [2.05, 4.69) is 14.9 Å². The summed E-state index contributed by atoms with van der Waals surface area (Å²) >= 11 is 7.48. The summed E-state index contributed by atoms with van der Waals surface area (Å²) in [5.41, 5.74) is 6.49. The molecule has 1 amide bonds. The molecule has 1 aliphatic heterocycles. The van der Waals surface area contributed by atoms with E-state index in [0.29, 0.717) is 46.6 Å². The number of nitrogen functional groups attached to an aromatic ring is 1. The second kappa shape index (κ2) is 8.81. The normalized spacial score (nSPS) is 14.4. The number of nitrogens with two attached hydrogens (primary N) is 1. The monoisotopic (exact) mass is 445 g/mol. The zero-order valence-electron chi connectivity index (χ0n) is 16.1. The summed E-state index contributed by atoms with van der Waals surface area (Å²) in [5, 5.41) is 2.31. The maximum Gasteiger partial charge on any atom is 0.265 e. The summed E-state index contributed by atoms with van der Waals surface area (Å²) < 4.78 is 0. The Hall–Kier alpha value is -2.97. The lowest BCUT2D eigenvalue weighted by atomic mass is 10.1. The molecule has 9 heteroatoms. The van der Waals surface area contributed by atoms with Crippen molar-refractivity contribution >= 4 is 46.3 Å². The number of rotatable bonds is 4. The fourth-order valence-electron chi connectivity index (χ4n) is 3.41. The van der Waals surface area contributed by atoms with Crippen molar-refractivity contribution in [1.29, 1.82) is 0 Å². The number of hydrogen-bond acceptors (Lipinski definition) is 7. The largest absolute Gasteiger partial charge is 0.383 e. The van der Waals surface area contributed by atoms with Crippen LogP contribution >= 0.6 is 22.9 Å². The second-order valence-electron chi connectivity index (χ2n) is 6.88. The first-order valence-electron chi connectivity index (χ1n) is 9.54. The van der Waals surface area contributed by atoms with E-state index in [-0.39, 0.29) is 20.4 Å². The third-order valence-corrected chi connectivity index (χ3v) is 6.30. The molecule has 2 N–H and O–H groups in total. The van der Waals surface area contributed by atoms with E-state index in [9.17, 15) is 9.59 Å². The number of halogens is 1. The molecule has 0 spiro atoms. The van der Waals surface area contributed by atoms with Gasteiger partial charge in [-0.3, -0.25) is 9.59 Å². The summed E-state index contributed by atoms with van der Waals surface area (Å²) in [5.74, 6) is 0.583. The molecule has 158 valence electrons. The number of anilines is 2. The Balaban J connectivity index is 0.00000181. The molecule has 3 aromatic heterocycles. The molecule has 1 fully saturated rings. The van der Waals surface area contributed by atoms with Crippen molar-refractivity contribution in [3.8, 4) is 0 Å². The molecule has 3 aromatic rings. The minimum Gasteiger partial charge on any atom is -0.383 e. The number of thiophene rings is 1. The molecule has 0 bridgehead atoms. The molecular weight excluding hydrogens is 422 g/mol. The lowest BCUT2D eigenvalue weighted by Gasteiger charge is -2.23. The van der Waals surface area contributed by atoms with E-state index < -0.39 is 0 Å². The van der Waals surface area contributed by atoms with Crippen LogP contribution in [0.2, 0.25) is 5.02 Å². The first-order valence-corrected chi connectivity index (χ1v) is 10.8. The van der Waals surface area contributed by atoms with Gasteiger partial charge in [-0.1, -0.05) is 17.7 Å². The lowest BCUT2D eigenvalue weighted by molar-refractivity contribution is 0.0772. The Kier molecular flexibility index (Phi) is 5.96. The van der Waals surface area contributed by atoms with Crippen LogP contribution in [0.5, 0.6) is 0 Å². The zero-order chi connectivity index (χ0) is 21.1. The highest BCUT2D eigenvalue weighted by Crippen LogP contribution is 2.25. The molecule has 1 aliphatic rings. The Morgan fingerprint density at radius 2 is 1.97 bits per heavy atom. The lowest BCUT2D eigenvalue weighted by Crippen LogP contribution is -2.35. The predicted molar refractivity (Wildman–Crippen MR) is 123 cm³/mol. The van der Waals surface area contributed by atoms with Crippen LogP contribution in [0, 0.1) is 0 Å². The third-order valence-electron chi connectivity index (χ3n) is 4.97. The fourth-order valence-corrected chi connectivity index (χ4v) is 4.52. The minimum absolute atomic E-state index is 0. The van der Waals surface area contributed by atoms with E-state index in [0.717, 1.165) is 13.0 Å². The van der Waals surface area contributed by atoms with Gasteiger partial charge in [0.1, 0.15) is 22.2 Å². The Morgan fingerprint density at radius 1 is 1.10 bits per heavy atom. The molecule has 0 radical (unpaired) electrons. The number of pyridine rings is 2. The highest BCUT2D eigenvalue weighted by Gasteiger charge is 2.24. The fraction of sp³-hybridized carbons (Fsp3) is 0.238. The number of carbonyl (C=O) groups excluding carboxylic acids is 2. The van der Waals surface area contributed by atoms with Crippen molar-refractivity contribution < 1.29 is 12.4 Å². The molecule has 1 saturated heterocycles. The molecule has 7 nitrogen and oxygen atoms in total. The summed E-state index contributed by atoms with van der Waals surface area (Å²) in [7, 11) is 0. The molecule has 30 heavy (non-hydrogen) atoms. The van der Waals surface area contributed by atoms with Gasteiger partial charge in [0.2, 0.25) is 5.78 Å². The highest BCUT2D eigenvalue weighted by molar-refractivity contribution is 7.12. The molecule has 4 rings (SSSR count). The van der Waals surface area contributed by atoms with Gasteiger partial charge in [0, 0.05) is 35.2 Å². The maximum absolute atomic E-state index is 12.8. The Bertz CT molecular complexity index is 1100. The Labute approximate surface area is 186 Å². The minimum atomic E-state index is -0.263. The van der Waals surface area contributed by atoms with Gasteiger partial charge in [-0.15, -0.1) is 11.3 Å². The van der Waals surface area contributed by atoms with Gasteiger partial charge < -0.3 is 15.5 Å². The van der Waals surface area contributed by atoms with Crippen LogP contribution in [0.25, 0.3) is 0 Å². The van der Waals surface area contributed by atoms with Crippen molar-refractivity contribution in [2.24, 2.45) is 0 Å². The van der Waals surface area contributed by atoms with Crippen molar-refractivity contribution in [3.63, 3.8) is 0 Å². The standard InChI is InChI=1S/C21H20ClN5O2S.2H2/c22-15-7-13-30-19(15)21(29)27-10-3-9-26(11-12-27)17-6-1-5-16(25-17)18(28)14-4-2-8-24-20(14)23;;/h1-2,4-8,13H,3,9-12H2,(H2,23,24);2*1H. The van der Waals surface area contributed by atoms with Crippen molar-refractivity contribution in [3.05, 3.63) is 69.1 Å². The highest BCUT2D eigenvalue weighted by atomic mass is 35.5. The Morgan fingerprint density at radius 3 is 2.73 bits per heavy atom. The van der Waals surface area contributed by atoms with Crippen molar-refractivity contribution in [2.75, 3.05) is 36.8 Å². The van der Waals surface area contributed by atoms with Crippen molar-refractivity contribution in [2.45, 2.75) is 6.42 Å². The molecule has 0 saturated carbocycles. The first-order chi connectivity index (χ1) is 14.5. The summed E-state index contributed by atoms with van der Waals surface area (Å²) in [6.07, 6.45) is 2.34. The number of aromatic nitrogens is 2. The predicted octanol–water partition coefficient (Wildman–Crippen LogP) is 3.85. The number of carbonyl (C=O) groups is 2. The number of hydrogen-bond donors (Lipinski definition) is 1. The topological polar surface area (TPSA) is 92.4 Å². The van der Waals surface area contributed by atoms with Gasteiger partial charge in [-0.05, 0) is 42.1 Å². The van der Waals surface area contributed by atoms with Gasteiger partial charge in [-0.25, -0.2) is 9.97 Å². The van der Waals surface area contributed by atoms with E-state index in [1.54, 1.807) is 36.5 Å². The average molecular weight is 446 g/mol. The third kappa shape index (κ3) is 4.15. The van der Waals surface area contributed by atoms with E-state index in [4.69, 9.17) is 17.3 Å². The van der Waals surface area contributed by atoms with Gasteiger partial charge in [-0.2, -0.15) is 0 Å². The SMILES string of the molecule is Nc1ncccc1C(=O)c1cccc(N2CCCN(C(=O)c3sccc3Cl)CC2)n1.[HH].[HH]. The van der Waals surface area contributed by atoms with Gasteiger partial charge in [0.15, 0.2) is 0 Å². The van der Waals surface area contributed by atoms with Crippen LogP contribution in [-0.4, -0.2) is 52.7 Å². The van der Waals surface area contributed by atoms with Crippen LogP contribution in [0.3, 0.4) is 0 Å².